The molecule has 1 aliphatic rings. The van der Waals surface area contributed by atoms with Gasteiger partial charge in [0.15, 0.2) is 0 Å². The average molecular weight is 344 g/mol. The van der Waals surface area contributed by atoms with Crippen LogP contribution in [0.3, 0.4) is 0 Å². The highest BCUT2D eigenvalue weighted by atomic mass is 16.5. The lowest BCUT2D eigenvalue weighted by Gasteiger charge is -2.31. The number of esters is 1. The molecular weight excluding hydrogens is 320 g/mol. The summed E-state index contributed by atoms with van der Waals surface area (Å²) < 4.78 is 4.99. The van der Waals surface area contributed by atoms with Crippen LogP contribution in [-0.4, -0.2) is 42.3 Å². The van der Waals surface area contributed by atoms with Gasteiger partial charge >= 0.3 is 5.97 Å². The van der Waals surface area contributed by atoms with Gasteiger partial charge in [0.1, 0.15) is 5.75 Å². The molecule has 0 spiro atoms. The van der Waals surface area contributed by atoms with E-state index in [-0.39, 0.29) is 11.8 Å². The van der Waals surface area contributed by atoms with E-state index in [0.29, 0.717) is 36.9 Å². The Morgan fingerprint density at radius 3 is 2.64 bits per heavy atom. The van der Waals surface area contributed by atoms with Crippen LogP contribution in [0.1, 0.15) is 37.0 Å². The summed E-state index contributed by atoms with van der Waals surface area (Å²) in [5.41, 5.74) is 0.458. The number of ether oxygens (including phenoxy) is 1. The van der Waals surface area contributed by atoms with Crippen LogP contribution in [0.2, 0.25) is 0 Å². The van der Waals surface area contributed by atoms with Crippen molar-refractivity contribution in [2.45, 2.75) is 26.7 Å². The lowest BCUT2D eigenvalue weighted by molar-refractivity contribution is -0.132. The molecule has 0 saturated carbocycles. The Hall–Kier alpha value is -2.63. The second kappa shape index (κ2) is 9.01. The van der Waals surface area contributed by atoms with E-state index in [0.717, 1.165) is 12.8 Å². The molecule has 0 bridgehead atoms. The Kier molecular flexibility index (Phi) is 6.74. The van der Waals surface area contributed by atoms with E-state index in [4.69, 9.17) is 4.74 Å². The third-order valence-corrected chi connectivity index (χ3v) is 4.14. The highest BCUT2D eigenvalue weighted by Gasteiger charge is 2.22. The van der Waals surface area contributed by atoms with Gasteiger partial charge in [-0.1, -0.05) is 12.1 Å². The highest BCUT2D eigenvalue weighted by molar-refractivity contribution is 5.94. The van der Waals surface area contributed by atoms with Crippen molar-refractivity contribution < 1.29 is 19.1 Å². The molecule has 2 rings (SSSR count). The third kappa shape index (κ3) is 5.74. The zero-order valence-corrected chi connectivity index (χ0v) is 14.7. The number of nitrogens with zero attached hydrogens (tertiary/aromatic N) is 1. The molecule has 0 aromatic heterocycles. The van der Waals surface area contributed by atoms with Crippen molar-refractivity contribution >= 4 is 17.8 Å². The van der Waals surface area contributed by atoms with Crippen molar-refractivity contribution in [2.75, 3.05) is 19.6 Å². The molecule has 0 atom stereocenters. The van der Waals surface area contributed by atoms with E-state index in [1.54, 1.807) is 36.4 Å². The summed E-state index contributed by atoms with van der Waals surface area (Å²) in [5.74, 6) is 0.150. The van der Waals surface area contributed by atoms with Crippen LogP contribution in [0.4, 0.5) is 0 Å². The Morgan fingerprint density at radius 1 is 1.28 bits per heavy atom. The second-order valence-corrected chi connectivity index (χ2v) is 6.10. The number of allylic oxidation sites excluding steroid dienone is 1. The van der Waals surface area contributed by atoms with E-state index in [1.807, 2.05) is 11.8 Å². The summed E-state index contributed by atoms with van der Waals surface area (Å²) in [6.07, 6.45) is 5.07. The number of rotatable bonds is 5. The van der Waals surface area contributed by atoms with Crippen molar-refractivity contribution in [3.05, 3.63) is 42.0 Å². The fraction of sp³-hybridized carbons (Fsp3) is 0.421. The van der Waals surface area contributed by atoms with Gasteiger partial charge in [-0.25, -0.2) is 0 Å². The molecule has 6 heteroatoms. The standard InChI is InChI=1S/C19H24N2O4/c1-3-5-18(23)21-10-8-15(9-11-21)13-20-19(24)16-6-4-7-17(12-16)25-14(2)22/h3-7,12,15H,8-11,13H2,1-2H3,(H,20,24)/b5-3+. The van der Waals surface area contributed by atoms with E-state index in [1.165, 1.54) is 6.92 Å². The first-order valence-corrected chi connectivity index (χ1v) is 8.48. The third-order valence-electron chi connectivity index (χ3n) is 4.14. The predicted octanol–water partition coefficient (Wildman–Crippen LogP) is 2.16. The zero-order chi connectivity index (χ0) is 18.2. The van der Waals surface area contributed by atoms with Crippen molar-refractivity contribution in [3.8, 4) is 5.75 Å². The van der Waals surface area contributed by atoms with E-state index < -0.39 is 5.97 Å². The molecule has 1 saturated heterocycles. The maximum absolute atomic E-state index is 12.3. The van der Waals surface area contributed by atoms with Gasteiger partial charge in [0.05, 0.1) is 0 Å². The molecule has 0 radical (unpaired) electrons. The molecule has 25 heavy (non-hydrogen) atoms. The van der Waals surface area contributed by atoms with Crippen LogP contribution in [0.25, 0.3) is 0 Å². The molecule has 1 N–H and O–H groups in total. The predicted molar refractivity (Wildman–Crippen MR) is 94.2 cm³/mol. The molecule has 1 fully saturated rings. The van der Waals surface area contributed by atoms with E-state index in [9.17, 15) is 14.4 Å². The van der Waals surface area contributed by atoms with Gasteiger partial charge in [-0.3, -0.25) is 14.4 Å². The molecule has 0 aliphatic carbocycles. The lowest BCUT2D eigenvalue weighted by atomic mass is 9.96. The summed E-state index contributed by atoms with van der Waals surface area (Å²) in [6, 6.07) is 6.55. The molecular formula is C19H24N2O4. The van der Waals surface area contributed by atoms with Gasteiger partial charge in [-0.05, 0) is 50.0 Å². The highest BCUT2D eigenvalue weighted by Crippen LogP contribution is 2.17. The number of likely N-dealkylation sites (tertiary alicyclic amines) is 1. The molecule has 2 amide bonds. The number of nitrogens with one attached hydrogen (secondary N) is 1. The van der Waals surface area contributed by atoms with Crippen LogP contribution in [0.15, 0.2) is 36.4 Å². The first-order chi connectivity index (χ1) is 12.0. The Balaban J connectivity index is 1.81. The monoisotopic (exact) mass is 344 g/mol. The van der Waals surface area contributed by atoms with E-state index >= 15 is 0 Å². The van der Waals surface area contributed by atoms with Crippen LogP contribution in [0, 0.1) is 5.92 Å². The SMILES string of the molecule is C/C=C/C(=O)N1CCC(CNC(=O)c2cccc(OC(C)=O)c2)CC1. The number of piperidine rings is 1. The molecule has 0 unspecified atom stereocenters. The summed E-state index contributed by atoms with van der Waals surface area (Å²) in [6.45, 7) is 5.15. The van der Waals surface area contributed by atoms with Crippen molar-refractivity contribution in [1.82, 2.24) is 10.2 Å². The maximum atomic E-state index is 12.3. The van der Waals surface area contributed by atoms with Gasteiger partial charge in [0.2, 0.25) is 5.91 Å². The van der Waals surface area contributed by atoms with E-state index in [2.05, 4.69) is 5.32 Å². The molecule has 1 aromatic carbocycles. The fourth-order valence-electron chi connectivity index (χ4n) is 2.81. The molecule has 1 aliphatic heterocycles. The number of hydrogen-bond donors (Lipinski definition) is 1. The number of benzene rings is 1. The summed E-state index contributed by atoms with van der Waals surface area (Å²) in [7, 11) is 0. The van der Waals surface area contributed by atoms with Gasteiger partial charge in [0, 0.05) is 32.1 Å². The number of amides is 2. The summed E-state index contributed by atoms with van der Waals surface area (Å²) in [4.78, 5) is 36.9. The van der Waals surface area contributed by atoms with Gasteiger partial charge in [0.25, 0.3) is 5.91 Å². The quantitative estimate of drug-likeness (QED) is 0.504. The van der Waals surface area contributed by atoms with Crippen molar-refractivity contribution in [2.24, 2.45) is 5.92 Å². The van der Waals surface area contributed by atoms with Crippen LogP contribution in [0.5, 0.6) is 5.75 Å². The Bertz CT molecular complexity index is 661. The molecule has 134 valence electrons. The van der Waals surface area contributed by atoms with Gasteiger partial charge in [-0.15, -0.1) is 0 Å². The molecule has 6 nitrogen and oxygen atoms in total. The minimum atomic E-state index is -0.420. The van der Waals surface area contributed by atoms with Crippen molar-refractivity contribution in [3.63, 3.8) is 0 Å². The van der Waals surface area contributed by atoms with Crippen LogP contribution >= 0.6 is 0 Å². The minimum absolute atomic E-state index is 0.0484. The van der Waals surface area contributed by atoms with Gasteiger partial charge in [-0.2, -0.15) is 0 Å². The minimum Gasteiger partial charge on any atom is -0.427 e. The largest absolute Gasteiger partial charge is 0.427 e. The summed E-state index contributed by atoms with van der Waals surface area (Å²) >= 11 is 0. The van der Waals surface area contributed by atoms with Crippen LogP contribution < -0.4 is 10.1 Å². The van der Waals surface area contributed by atoms with Crippen molar-refractivity contribution in [1.29, 1.82) is 0 Å². The number of carbonyl (C=O) groups is 3. The number of hydrogen-bond acceptors (Lipinski definition) is 4. The second-order valence-electron chi connectivity index (χ2n) is 6.10. The fourth-order valence-corrected chi connectivity index (χ4v) is 2.81. The first-order valence-electron chi connectivity index (χ1n) is 8.48. The Morgan fingerprint density at radius 2 is 2.00 bits per heavy atom. The first kappa shape index (κ1) is 18.7. The topological polar surface area (TPSA) is 75.7 Å². The molecule has 1 aromatic rings. The maximum Gasteiger partial charge on any atom is 0.308 e. The summed E-state index contributed by atoms with van der Waals surface area (Å²) in [5, 5.41) is 2.92. The average Bonchev–Trinajstić information content (AvgIpc) is 2.60. The number of carbonyl (C=O) groups excluding carboxylic acids is 3. The Labute approximate surface area is 147 Å². The van der Waals surface area contributed by atoms with Gasteiger partial charge < -0.3 is 15.0 Å². The smallest absolute Gasteiger partial charge is 0.308 e. The molecule has 1 heterocycles. The lowest BCUT2D eigenvalue weighted by Crippen LogP contribution is -2.41. The normalized spacial score (nSPS) is 15.2. The zero-order valence-electron chi connectivity index (χ0n) is 14.7. The van der Waals surface area contributed by atoms with Crippen LogP contribution in [-0.2, 0) is 9.59 Å².